The Bertz CT molecular complexity index is 1200. The quantitative estimate of drug-likeness (QED) is 0.581. The average molecular weight is 485 g/mol. The molecule has 1 saturated carbocycles. The lowest BCUT2D eigenvalue weighted by atomic mass is 9.77. The second kappa shape index (κ2) is 8.61. The summed E-state index contributed by atoms with van der Waals surface area (Å²) in [6.45, 7) is 5.56. The SMILES string of the molecule is CCOc1ccc(C2C3=C(OC4CCC(F)CC4C3=O)C(=O)N2c2nc(C)c(C(C)=O)s2)cc1. The molecule has 9 heteroatoms. The van der Waals surface area contributed by atoms with E-state index < -0.39 is 30.1 Å². The standard InChI is InChI=1S/C25H25FN2O5S/c1-4-32-16-8-5-14(6-9-16)20-19-21(30)17-11-15(26)7-10-18(17)33-22(19)24(31)28(20)25-27-12(2)23(34-25)13(3)29/h5-6,8-9,15,17-18,20H,4,7,10-11H2,1-3H3. The van der Waals surface area contributed by atoms with Gasteiger partial charge in [-0.15, -0.1) is 0 Å². The van der Waals surface area contributed by atoms with Crippen LogP contribution < -0.4 is 9.64 Å². The fourth-order valence-corrected chi connectivity index (χ4v) is 6.04. The van der Waals surface area contributed by atoms with Crippen LogP contribution in [0.5, 0.6) is 5.75 Å². The maximum atomic E-state index is 14.2. The van der Waals surface area contributed by atoms with Gasteiger partial charge in [-0.1, -0.05) is 23.5 Å². The summed E-state index contributed by atoms with van der Waals surface area (Å²) in [5, 5.41) is 0.323. The first kappa shape index (κ1) is 22.7. The first-order valence-electron chi connectivity index (χ1n) is 11.4. The van der Waals surface area contributed by atoms with Crippen LogP contribution in [0.25, 0.3) is 0 Å². The topological polar surface area (TPSA) is 85.8 Å². The first-order valence-corrected chi connectivity index (χ1v) is 12.3. The van der Waals surface area contributed by atoms with E-state index in [4.69, 9.17) is 9.47 Å². The van der Waals surface area contributed by atoms with E-state index in [0.29, 0.717) is 46.5 Å². The van der Waals surface area contributed by atoms with E-state index in [1.165, 1.54) is 11.8 Å². The Hall–Kier alpha value is -3.07. The predicted molar refractivity (Wildman–Crippen MR) is 124 cm³/mol. The zero-order valence-corrected chi connectivity index (χ0v) is 20.0. The molecule has 3 heterocycles. The van der Waals surface area contributed by atoms with Crippen LogP contribution in [0.3, 0.4) is 0 Å². The van der Waals surface area contributed by atoms with Crippen molar-refractivity contribution in [3.05, 3.63) is 51.7 Å². The molecule has 1 aromatic carbocycles. The van der Waals surface area contributed by atoms with Crippen molar-refractivity contribution >= 4 is 33.9 Å². The Balaban J connectivity index is 1.62. The van der Waals surface area contributed by atoms with Gasteiger partial charge in [0.15, 0.2) is 22.5 Å². The number of halogens is 1. The highest BCUT2D eigenvalue weighted by atomic mass is 32.1. The minimum Gasteiger partial charge on any atom is -0.494 e. The number of thiazole rings is 1. The molecular formula is C25H25FN2O5S. The van der Waals surface area contributed by atoms with Gasteiger partial charge in [-0.3, -0.25) is 19.3 Å². The molecule has 0 radical (unpaired) electrons. The molecule has 1 fully saturated rings. The summed E-state index contributed by atoms with van der Waals surface area (Å²) in [7, 11) is 0. The van der Waals surface area contributed by atoms with Gasteiger partial charge in [-0.25, -0.2) is 9.37 Å². The fraction of sp³-hybridized carbons (Fsp3) is 0.440. The number of alkyl halides is 1. The van der Waals surface area contributed by atoms with Crippen molar-refractivity contribution in [1.29, 1.82) is 0 Å². The minimum atomic E-state index is -1.06. The second-order valence-electron chi connectivity index (χ2n) is 8.83. The van der Waals surface area contributed by atoms with Gasteiger partial charge in [0.05, 0.1) is 34.7 Å². The number of nitrogens with zero attached hydrogens (tertiary/aromatic N) is 2. The molecular weight excluding hydrogens is 459 g/mol. The van der Waals surface area contributed by atoms with E-state index in [-0.39, 0.29) is 29.3 Å². The number of anilines is 1. The van der Waals surface area contributed by atoms with Crippen LogP contribution in [0, 0.1) is 12.8 Å². The lowest BCUT2D eigenvalue weighted by molar-refractivity contribution is -0.133. The number of carbonyl (C=O) groups is 3. The summed E-state index contributed by atoms with van der Waals surface area (Å²) in [6.07, 6.45) is -0.776. The highest BCUT2D eigenvalue weighted by Gasteiger charge is 2.54. The molecule has 5 rings (SSSR count). The summed E-state index contributed by atoms with van der Waals surface area (Å²) in [4.78, 5) is 45.8. The van der Waals surface area contributed by atoms with Crippen LogP contribution >= 0.6 is 11.3 Å². The number of hydrogen-bond acceptors (Lipinski definition) is 7. The number of ketones is 2. The molecule has 1 aliphatic carbocycles. The van der Waals surface area contributed by atoms with E-state index in [0.717, 1.165) is 11.3 Å². The van der Waals surface area contributed by atoms with Crippen LogP contribution in [0.4, 0.5) is 9.52 Å². The molecule has 0 N–H and O–H groups in total. The van der Waals surface area contributed by atoms with E-state index in [2.05, 4.69) is 4.98 Å². The van der Waals surface area contributed by atoms with Gasteiger partial charge in [0.2, 0.25) is 0 Å². The average Bonchev–Trinajstić information content (AvgIpc) is 3.33. The van der Waals surface area contributed by atoms with Crippen LogP contribution in [-0.4, -0.2) is 41.3 Å². The van der Waals surface area contributed by atoms with Crippen molar-refractivity contribution in [2.75, 3.05) is 11.5 Å². The van der Waals surface area contributed by atoms with Gasteiger partial charge in [-0.2, -0.15) is 0 Å². The smallest absolute Gasteiger partial charge is 0.296 e. The van der Waals surface area contributed by atoms with Crippen molar-refractivity contribution in [2.24, 2.45) is 5.92 Å². The number of amides is 1. The summed E-state index contributed by atoms with van der Waals surface area (Å²) >= 11 is 1.12. The molecule has 0 spiro atoms. The third-order valence-corrected chi connectivity index (χ3v) is 7.86. The van der Waals surface area contributed by atoms with Gasteiger partial charge in [0.1, 0.15) is 18.0 Å². The Morgan fingerprint density at radius 2 is 2.00 bits per heavy atom. The molecule has 4 atom stereocenters. The van der Waals surface area contributed by atoms with E-state index in [1.807, 2.05) is 6.92 Å². The van der Waals surface area contributed by atoms with Crippen LogP contribution in [-0.2, 0) is 14.3 Å². The Kier molecular flexibility index (Phi) is 5.75. The van der Waals surface area contributed by atoms with E-state index in [9.17, 15) is 18.8 Å². The van der Waals surface area contributed by atoms with Gasteiger partial charge in [0.25, 0.3) is 5.91 Å². The number of rotatable bonds is 5. The van der Waals surface area contributed by atoms with E-state index >= 15 is 0 Å². The summed E-state index contributed by atoms with van der Waals surface area (Å²) < 4.78 is 25.8. The predicted octanol–water partition coefficient (Wildman–Crippen LogP) is 4.50. The monoisotopic (exact) mass is 484 g/mol. The number of aryl methyl sites for hydroxylation is 1. The van der Waals surface area contributed by atoms with E-state index in [1.54, 1.807) is 31.2 Å². The zero-order chi connectivity index (χ0) is 24.1. The van der Waals surface area contributed by atoms with Crippen molar-refractivity contribution < 1.29 is 28.2 Å². The van der Waals surface area contributed by atoms with Crippen molar-refractivity contribution in [2.45, 2.75) is 58.4 Å². The largest absolute Gasteiger partial charge is 0.494 e. The summed E-state index contributed by atoms with van der Waals surface area (Å²) in [5.41, 5.74) is 1.44. The number of ether oxygens (including phenoxy) is 2. The van der Waals surface area contributed by atoms with Gasteiger partial charge in [-0.05, 0) is 50.8 Å². The molecule has 1 amide bonds. The molecule has 2 aromatic rings. The fourth-order valence-electron chi connectivity index (χ4n) is 5.05. The molecule has 1 aromatic heterocycles. The van der Waals surface area contributed by atoms with Gasteiger partial charge < -0.3 is 9.47 Å². The van der Waals surface area contributed by atoms with Crippen LogP contribution in [0.15, 0.2) is 35.6 Å². The molecule has 0 bridgehead atoms. The molecule has 178 valence electrons. The van der Waals surface area contributed by atoms with Crippen molar-refractivity contribution in [3.8, 4) is 5.75 Å². The molecule has 0 saturated heterocycles. The lowest BCUT2D eigenvalue weighted by Crippen LogP contribution is -2.42. The van der Waals surface area contributed by atoms with Crippen LogP contribution in [0.2, 0.25) is 0 Å². The third kappa shape index (κ3) is 3.62. The number of Topliss-reactive ketones (excluding diaryl/α,β-unsaturated/α-hetero) is 2. The summed E-state index contributed by atoms with van der Waals surface area (Å²) in [6, 6.07) is 6.39. The minimum absolute atomic E-state index is 0.0136. The Morgan fingerprint density at radius 3 is 2.65 bits per heavy atom. The molecule has 2 aliphatic heterocycles. The highest BCUT2D eigenvalue weighted by Crippen LogP contribution is 2.49. The Morgan fingerprint density at radius 1 is 1.26 bits per heavy atom. The number of carbonyl (C=O) groups excluding carboxylic acids is 3. The Labute approximate surface area is 200 Å². The maximum absolute atomic E-state index is 14.2. The van der Waals surface area contributed by atoms with Gasteiger partial charge >= 0.3 is 0 Å². The zero-order valence-electron chi connectivity index (χ0n) is 19.2. The van der Waals surface area contributed by atoms with Gasteiger partial charge in [0, 0.05) is 6.92 Å². The highest BCUT2D eigenvalue weighted by molar-refractivity contribution is 7.17. The number of aromatic nitrogens is 1. The lowest BCUT2D eigenvalue weighted by Gasteiger charge is -2.36. The number of benzene rings is 1. The molecule has 4 unspecified atom stereocenters. The molecule has 7 nitrogen and oxygen atoms in total. The van der Waals surface area contributed by atoms with Crippen LogP contribution in [0.1, 0.15) is 60.1 Å². The normalized spacial score (nSPS) is 26.3. The van der Waals surface area contributed by atoms with Crippen molar-refractivity contribution in [1.82, 2.24) is 4.98 Å². The third-order valence-electron chi connectivity index (χ3n) is 6.60. The number of fused-ring (bicyclic) bond motifs is 1. The second-order valence-corrected chi connectivity index (χ2v) is 9.80. The maximum Gasteiger partial charge on any atom is 0.296 e. The molecule has 34 heavy (non-hydrogen) atoms. The van der Waals surface area contributed by atoms with Crippen molar-refractivity contribution in [3.63, 3.8) is 0 Å². The first-order chi connectivity index (χ1) is 16.3. The molecule has 3 aliphatic rings. The number of hydrogen-bond donors (Lipinski definition) is 0. The summed E-state index contributed by atoms with van der Waals surface area (Å²) in [5.74, 6) is -0.795.